The predicted octanol–water partition coefficient (Wildman–Crippen LogP) is 2.85. The Balaban J connectivity index is 1.87. The summed E-state index contributed by atoms with van der Waals surface area (Å²) in [5.41, 5.74) is 4.16. The predicted molar refractivity (Wildman–Crippen MR) is 79.4 cm³/mol. The highest BCUT2D eigenvalue weighted by atomic mass is 15.4. The van der Waals surface area contributed by atoms with Crippen LogP contribution in [0.15, 0.2) is 67.0 Å². The molecular weight excluding hydrogens is 262 g/mol. The molecule has 5 heteroatoms. The Bertz CT molecular complexity index is 899. The van der Waals surface area contributed by atoms with Gasteiger partial charge in [-0.15, -0.1) is 5.10 Å². The molecule has 4 heterocycles. The van der Waals surface area contributed by atoms with E-state index in [1.165, 1.54) is 0 Å². The van der Waals surface area contributed by atoms with Crippen molar-refractivity contribution in [3.8, 4) is 22.8 Å². The van der Waals surface area contributed by atoms with Crippen LogP contribution in [0.25, 0.3) is 28.3 Å². The first-order chi connectivity index (χ1) is 10.4. The van der Waals surface area contributed by atoms with E-state index in [-0.39, 0.29) is 0 Å². The molecule has 0 aliphatic heterocycles. The van der Waals surface area contributed by atoms with Gasteiger partial charge in [-0.3, -0.25) is 4.98 Å². The Morgan fingerprint density at radius 1 is 0.762 bits per heavy atom. The molecule has 0 radical (unpaired) electrons. The molecule has 100 valence electrons. The zero-order chi connectivity index (χ0) is 14.1. The van der Waals surface area contributed by atoms with E-state index in [1.54, 1.807) is 10.7 Å². The molecule has 0 aliphatic rings. The van der Waals surface area contributed by atoms with Gasteiger partial charge in [-0.2, -0.15) is 0 Å². The van der Waals surface area contributed by atoms with Crippen molar-refractivity contribution < 1.29 is 0 Å². The number of aromatic nitrogens is 5. The van der Waals surface area contributed by atoms with Gasteiger partial charge in [-0.25, -0.2) is 9.50 Å². The smallest absolute Gasteiger partial charge is 0.139 e. The summed E-state index contributed by atoms with van der Waals surface area (Å²) in [6, 6.07) is 17.5. The lowest BCUT2D eigenvalue weighted by atomic mass is 10.2. The fourth-order valence-corrected chi connectivity index (χ4v) is 2.25. The van der Waals surface area contributed by atoms with Crippen LogP contribution in [0.5, 0.6) is 0 Å². The Hall–Kier alpha value is -3.08. The zero-order valence-corrected chi connectivity index (χ0v) is 11.1. The third kappa shape index (κ3) is 2.04. The van der Waals surface area contributed by atoms with E-state index >= 15 is 0 Å². The van der Waals surface area contributed by atoms with Crippen LogP contribution < -0.4 is 0 Å². The minimum absolute atomic E-state index is 0.772. The summed E-state index contributed by atoms with van der Waals surface area (Å²) in [4.78, 5) is 8.99. The number of nitrogens with zero attached hydrogens (tertiary/aromatic N) is 5. The Kier molecular flexibility index (Phi) is 2.67. The minimum Gasteiger partial charge on any atom is -0.255 e. The maximum Gasteiger partial charge on any atom is 0.139 e. The van der Waals surface area contributed by atoms with Gasteiger partial charge in [0.15, 0.2) is 0 Å². The Morgan fingerprint density at radius 3 is 2.52 bits per heavy atom. The number of hydrogen-bond donors (Lipinski definition) is 0. The van der Waals surface area contributed by atoms with E-state index in [0.29, 0.717) is 0 Å². The molecule has 0 unspecified atom stereocenters. The van der Waals surface area contributed by atoms with Crippen molar-refractivity contribution in [2.24, 2.45) is 0 Å². The molecule has 21 heavy (non-hydrogen) atoms. The zero-order valence-electron chi connectivity index (χ0n) is 11.1. The molecule has 0 saturated carbocycles. The van der Waals surface area contributed by atoms with Crippen LogP contribution in [-0.2, 0) is 0 Å². The van der Waals surface area contributed by atoms with E-state index in [2.05, 4.69) is 20.3 Å². The first kappa shape index (κ1) is 11.7. The fourth-order valence-electron chi connectivity index (χ4n) is 2.25. The highest BCUT2D eigenvalue weighted by Crippen LogP contribution is 2.22. The first-order valence-corrected chi connectivity index (χ1v) is 6.61. The van der Waals surface area contributed by atoms with Gasteiger partial charge >= 0.3 is 0 Å². The molecule has 0 fully saturated rings. The number of fused-ring (bicyclic) bond motifs is 1. The van der Waals surface area contributed by atoms with Crippen LogP contribution in [-0.4, -0.2) is 24.8 Å². The van der Waals surface area contributed by atoms with Crippen molar-refractivity contribution in [2.75, 3.05) is 0 Å². The van der Waals surface area contributed by atoms with Crippen molar-refractivity contribution in [3.05, 3.63) is 67.0 Å². The lowest BCUT2D eigenvalue weighted by molar-refractivity contribution is 0.856. The molecule has 0 spiro atoms. The molecule has 0 saturated heterocycles. The number of pyridine rings is 3. The van der Waals surface area contributed by atoms with Gasteiger partial charge in [0.05, 0.1) is 22.6 Å². The van der Waals surface area contributed by atoms with Crippen LogP contribution in [0.1, 0.15) is 0 Å². The molecule has 4 rings (SSSR count). The normalized spacial score (nSPS) is 10.9. The molecule has 0 atom stereocenters. The van der Waals surface area contributed by atoms with E-state index in [0.717, 1.165) is 28.3 Å². The summed E-state index contributed by atoms with van der Waals surface area (Å²) < 4.78 is 1.74. The standard InChI is InChI=1S/C16H11N5/c1-3-10-17-12(6-1)13-7-5-8-14(18-13)16-15-9-2-4-11-21(15)20-19-16/h1-11H. The maximum atomic E-state index is 4.66. The van der Waals surface area contributed by atoms with Gasteiger partial charge in [0, 0.05) is 12.4 Å². The summed E-state index contributed by atoms with van der Waals surface area (Å²) in [5, 5.41) is 8.34. The summed E-state index contributed by atoms with van der Waals surface area (Å²) in [5.74, 6) is 0. The highest BCUT2D eigenvalue weighted by Gasteiger charge is 2.10. The molecule has 0 amide bonds. The first-order valence-electron chi connectivity index (χ1n) is 6.61. The largest absolute Gasteiger partial charge is 0.255 e. The van der Waals surface area contributed by atoms with Crippen LogP contribution in [0.3, 0.4) is 0 Å². The van der Waals surface area contributed by atoms with Gasteiger partial charge in [0.25, 0.3) is 0 Å². The molecule has 4 aromatic heterocycles. The van der Waals surface area contributed by atoms with Crippen molar-refractivity contribution in [2.45, 2.75) is 0 Å². The maximum absolute atomic E-state index is 4.66. The van der Waals surface area contributed by atoms with Crippen molar-refractivity contribution in [1.29, 1.82) is 0 Å². The van der Waals surface area contributed by atoms with Crippen molar-refractivity contribution >= 4 is 5.52 Å². The summed E-state index contributed by atoms with van der Waals surface area (Å²) in [6.07, 6.45) is 3.63. The third-order valence-corrected chi connectivity index (χ3v) is 3.24. The number of rotatable bonds is 2. The van der Waals surface area contributed by atoms with E-state index < -0.39 is 0 Å². The van der Waals surface area contributed by atoms with Gasteiger partial charge in [-0.05, 0) is 36.4 Å². The van der Waals surface area contributed by atoms with E-state index in [9.17, 15) is 0 Å². The highest BCUT2D eigenvalue weighted by molar-refractivity contribution is 5.75. The molecular formula is C16H11N5. The van der Waals surface area contributed by atoms with Crippen molar-refractivity contribution in [3.63, 3.8) is 0 Å². The second-order valence-electron chi connectivity index (χ2n) is 4.59. The molecule has 0 N–H and O–H groups in total. The fraction of sp³-hybridized carbons (Fsp3) is 0. The summed E-state index contributed by atoms with van der Waals surface area (Å²) >= 11 is 0. The van der Waals surface area contributed by atoms with E-state index in [1.807, 2.05) is 60.8 Å². The Morgan fingerprint density at radius 2 is 1.62 bits per heavy atom. The SMILES string of the molecule is c1ccc(-c2cccc(-c3nnn4ccccc34)n2)nc1. The van der Waals surface area contributed by atoms with Crippen molar-refractivity contribution in [1.82, 2.24) is 24.8 Å². The monoisotopic (exact) mass is 273 g/mol. The second kappa shape index (κ2) is 4.79. The summed E-state index contributed by atoms with van der Waals surface area (Å²) in [7, 11) is 0. The average molecular weight is 273 g/mol. The molecule has 0 aliphatic carbocycles. The molecule has 4 aromatic rings. The lowest BCUT2D eigenvalue weighted by Gasteiger charge is -2.02. The van der Waals surface area contributed by atoms with Crippen LogP contribution in [0.2, 0.25) is 0 Å². The molecule has 0 bridgehead atoms. The third-order valence-electron chi connectivity index (χ3n) is 3.24. The van der Waals surface area contributed by atoms with Gasteiger partial charge in [-0.1, -0.05) is 23.4 Å². The number of hydrogen-bond acceptors (Lipinski definition) is 4. The average Bonchev–Trinajstić information content (AvgIpc) is 3.00. The lowest BCUT2D eigenvalue weighted by Crippen LogP contribution is -1.90. The minimum atomic E-state index is 0.772. The Labute approximate surface area is 120 Å². The quantitative estimate of drug-likeness (QED) is 0.563. The topological polar surface area (TPSA) is 56.0 Å². The molecule has 0 aromatic carbocycles. The summed E-state index contributed by atoms with van der Waals surface area (Å²) in [6.45, 7) is 0. The molecule has 5 nitrogen and oxygen atoms in total. The van der Waals surface area contributed by atoms with Gasteiger partial charge in [0.2, 0.25) is 0 Å². The second-order valence-corrected chi connectivity index (χ2v) is 4.59. The van der Waals surface area contributed by atoms with Gasteiger partial charge in [0.1, 0.15) is 5.69 Å². The van der Waals surface area contributed by atoms with Crippen LogP contribution in [0.4, 0.5) is 0 Å². The van der Waals surface area contributed by atoms with Gasteiger partial charge < -0.3 is 0 Å². The van der Waals surface area contributed by atoms with E-state index in [4.69, 9.17) is 0 Å². The van der Waals surface area contributed by atoms with Crippen LogP contribution in [0, 0.1) is 0 Å². The van der Waals surface area contributed by atoms with Crippen LogP contribution >= 0.6 is 0 Å².